The molecular weight excluding hydrogens is 224 g/mol. The van der Waals surface area contributed by atoms with Crippen LogP contribution < -0.4 is 0 Å². The molecule has 1 N–H and O–H groups in total. The Morgan fingerprint density at radius 2 is 1.89 bits per heavy atom. The highest BCUT2D eigenvalue weighted by Crippen LogP contribution is 2.14. The fraction of sp³-hybridized carbons (Fsp3) is 0.438. The lowest BCUT2D eigenvalue weighted by atomic mass is 9.99. The van der Waals surface area contributed by atoms with Crippen LogP contribution in [-0.4, -0.2) is 11.1 Å². The third kappa shape index (κ3) is 5.67. The van der Waals surface area contributed by atoms with E-state index in [1.807, 2.05) is 6.92 Å². The quantitative estimate of drug-likeness (QED) is 0.556. The van der Waals surface area contributed by atoms with Crippen LogP contribution in [0.2, 0.25) is 0 Å². The van der Waals surface area contributed by atoms with Crippen molar-refractivity contribution in [2.45, 2.75) is 45.4 Å². The number of unbranched alkanes of at least 4 members (excludes halogenated alkanes) is 2. The number of carboxylic acid groups (broad SMARTS) is 1. The predicted molar refractivity (Wildman–Crippen MR) is 74.8 cm³/mol. The summed E-state index contributed by atoms with van der Waals surface area (Å²) >= 11 is 0. The van der Waals surface area contributed by atoms with Crippen molar-refractivity contribution in [3.05, 3.63) is 47.5 Å². The summed E-state index contributed by atoms with van der Waals surface area (Å²) < 4.78 is 0. The lowest BCUT2D eigenvalue weighted by Gasteiger charge is -2.07. The zero-order valence-electron chi connectivity index (χ0n) is 11.1. The molecular formula is C16H22O2. The van der Waals surface area contributed by atoms with Crippen LogP contribution in [0.25, 0.3) is 0 Å². The van der Waals surface area contributed by atoms with E-state index in [0.29, 0.717) is 6.42 Å². The van der Waals surface area contributed by atoms with Crippen LogP contribution in [0.5, 0.6) is 0 Å². The van der Waals surface area contributed by atoms with Gasteiger partial charge in [0.1, 0.15) is 0 Å². The second-order valence-electron chi connectivity index (χ2n) is 4.50. The average molecular weight is 246 g/mol. The number of rotatable bonds is 8. The number of hydrogen-bond acceptors (Lipinski definition) is 1. The highest BCUT2D eigenvalue weighted by atomic mass is 16.4. The summed E-state index contributed by atoms with van der Waals surface area (Å²) in [5, 5.41) is 8.56. The van der Waals surface area contributed by atoms with E-state index in [4.69, 9.17) is 5.11 Å². The molecule has 18 heavy (non-hydrogen) atoms. The zero-order valence-corrected chi connectivity index (χ0v) is 11.1. The zero-order chi connectivity index (χ0) is 13.2. The van der Waals surface area contributed by atoms with E-state index >= 15 is 0 Å². The fourth-order valence-corrected chi connectivity index (χ4v) is 2.01. The molecule has 0 saturated heterocycles. The average Bonchev–Trinajstić information content (AvgIpc) is 2.36. The van der Waals surface area contributed by atoms with Crippen molar-refractivity contribution in [3.63, 3.8) is 0 Å². The molecule has 0 aromatic heterocycles. The Bertz CT molecular complexity index is 394. The number of carboxylic acids is 1. The Kier molecular flexibility index (Phi) is 6.85. The molecule has 0 radical (unpaired) electrons. The van der Waals surface area contributed by atoms with Crippen LogP contribution >= 0.6 is 0 Å². The Hall–Kier alpha value is -1.57. The Morgan fingerprint density at radius 1 is 1.17 bits per heavy atom. The molecule has 0 aliphatic rings. The maximum absolute atomic E-state index is 10.4. The number of aliphatic carboxylic acids is 1. The van der Waals surface area contributed by atoms with Crippen LogP contribution in [-0.2, 0) is 17.6 Å². The normalized spacial score (nSPS) is 10.9. The van der Waals surface area contributed by atoms with Gasteiger partial charge in [-0.3, -0.25) is 4.79 Å². The lowest BCUT2D eigenvalue weighted by Crippen LogP contribution is -1.96. The first-order valence-electron chi connectivity index (χ1n) is 6.63. The monoisotopic (exact) mass is 246 g/mol. The third-order valence-corrected chi connectivity index (χ3v) is 3.03. The maximum Gasteiger partial charge on any atom is 0.303 e. The molecule has 0 aliphatic carbocycles. The predicted octanol–water partition coefficient (Wildman–Crippen LogP) is 3.99. The van der Waals surface area contributed by atoms with Gasteiger partial charge in [0.25, 0.3) is 0 Å². The van der Waals surface area contributed by atoms with E-state index < -0.39 is 5.97 Å². The van der Waals surface area contributed by atoms with Crippen molar-refractivity contribution in [1.82, 2.24) is 0 Å². The van der Waals surface area contributed by atoms with Crippen LogP contribution in [0.1, 0.15) is 43.7 Å². The van der Waals surface area contributed by atoms with E-state index in [1.54, 1.807) is 0 Å². The van der Waals surface area contributed by atoms with E-state index in [-0.39, 0.29) is 0 Å². The molecule has 0 amide bonds. The summed E-state index contributed by atoms with van der Waals surface area (Å²) in [5.74, 6) is -0.691. The van der Waals surface area contributed by atoms with Gasteiger partial charge in [-0.05, 0) is 43.7 Å². The standard InChI is InChI=1S/C16H22O2/c1-2-3-9-14-11-7-8-12-15(14)10-5-4-6-13-16(17)18/h2-3,7-8,11-12H,4-6,9-10,13H2,1H3,(H,17,18)/b3-2-. The van der Waals surface area contributed by atoms with Gasteiger partial charge in [-0.2, -0.15) is 0 Å². The summed E-state index contributed by atoms with van der Waals surface area (Å²) in [6.07, 6.45) is 9.42. The smallest absolute Gasteiger partial charge is 0.303 e. The van der Waals surface area contributed by atoms with Crippen LogP contribution in [0.4, 0.5) is 0 Å². The van der Waals surface area contributed by atoms with Crippen molar-refractivity contribution in [3.8, 4) is 0 Å². The van der Waals surface area contributed by atoms with Gasteiger partial charge in [0.05, 0.1) is 0 Å². The summed E-state index contributed by atoms with van der Waals surface area (Å²) in [7, 11) is 0. The highest BCUT2D eigenvalue weighted by Gasteiger charge is 2.01. The van der Waals surface area contributed by atoms with E-state index in [1.165, 1.54) is 11.1 Å². The van der Waals surface area contributed by atoms with Crippen LogP contribution in [0, 0.1) is 0 Å². The molecule has 2 heteroatoms. The van der Waals surface area contributed by atoms with Gasteiger partial charge in [-0.15, -0.1) is 0 Å². The van der Waals surface area contributed by atoms with Gasteiger partial charge in [-0.25, -0.2) is 0 Å². The van der Waals surface area contributed by atoms with Crippen LogP contribution in [0.3, 0.4) is 0 Å². The van der Waals surface area contributed by atoms with Gasteiger partial charge < -0.3 is 5.11 Å². The number of aryl methyl sites for hydroxylation is 1. The first-order valence-corrected chi connectivity index (χ1v) is 6.63. The molecule has 0 spiro atoms. The van der Waals surface area contributed by atoms with Gasteiger partial charge >= 0.3 is 5.97 Å². The first-order chi connectivity index (χ1) is 8.74. The Labute approximate surface area is 109 Å². The molecule has 1 aromatic rings. The van der Waals surface area contributed by atoms with Crippen molar-refractivity contribution >= 4 is 5.97 Å². The lowest BCUT2D eigenvalue weighted by molar-refractivity contribution is -0.137. The number of allylic oxidation sites excluding steroid dienone is 2. The van der Waals surface area contributed by atoms with Gasteiger partial charge in [0.2, 0.25) is 0 Å². The summed E-state index contributed by atoms with van der Waals surface area (Å²) in [4.78, 5) is 10.4. The molecule has 0 fully saturated rings. The highest BCUT2D eigenvalue weighted by molar-refractivity contribution is 5.66. The third-order valence-electron chi connectivity index (χ3n) is 3.03. The molecule has 2 nitrogen and oxygen atoms in total. The minimum atomic E-state index is -0.691. The molecule has 0 saturated carbocycles. The van der Waals surface area contributed by atoms with Crippen molar-refractivity contribution < 1.29 is 9.90 Å². The minimum Gasteiger partial charge on any atom is -0.481 e. The number of carbonyl (C=O) groups is 1. The molecule has 1 aromatic carbocycles. The molecule has 0 heterocycles. The van der Waals surface area contributed by atoms with Crippen molar-refractivity contribution in [2.24, 2.45) is 0 Å². The van der Waals surface area contributed by atoms with E-state index in [9.17, 15) is 4.79 Å². The Morgan fingerprint density at radius 3 is 2.56 bits per heavy atom. The summed E-state index contributed by atoms with van der Waals surface area (Å²) in [5.41, 5.74) is 2.78. The second kappa shape index (κ2) is 8.51. The van der Waals surface area contributed by atoms with Gasteiger partial charge in [0, 0.05) is 6.42 Å². The molecule has 0 atom stereocenters. The number of benzene rings is 1. The van der Waals surface area contributed by atoms with E-state index in [0.717, 1.165) is 32.1 Å². The first kappa shape index (κ1) is 14.5. The fourth-order valence-electron chi connectivity index (χ4n) is 2.01. The largest absolute Gasteiger partial charge is 0.481 e. The minimum absolute atomic E-state index is 0.292. The van der Waals surface area contributed by atoms with Crippen molar-refractivity contribution in [1.29, 1.82) is 0 Å². The molecule has 0 unspecified atom stereocenters. The van der Waals surface area contributed by atoms with Gasteiger partial charge in [0.15, 0.2) is 0 Å². The molecule has 0 aliphatic heterocycles. The maximum atomic E-state index is 10.4. The van der Waals surface area contributed by atoms with Crippen molar-refractivity contribution in [2.75, 3.05) is 0 Å². The topological polar surface area (TPSA) is 37.3 Å². The van der Waals surface area contributed by atoms with Gasteiger partial charge in [-0.1, -0.05) is 42.8 Å². The Balaban J connectivity index is 2.38. The second-order valence-corrected chi connectivity index (χ2v) is 4.50. The SMILES string of the molecule is C/C=C\Cc1ccccc1CCCCCC(=O)O. The molecule has 98 valence electrons. The molecule has 0 bridgehead atoms. The van der Waals surface area contributed by atoms with Crippen LogP contribution in [0.15, 0.2) is 36.4 Å². The summed E-state index contributed by atoms with van der Waals surface area (Å²) in [6, 6.07) is 8.50. The summed E-state index contributed by atoms with van der Waals surface area (Å²) in [6.45, 7) is 2.04. The number of hydrogen-bond donors (Lipinski definition) is 1. The molecule has 1 rings (SSSR count). The van der Waals surface area contributed by atoms with E-state index in [2.05, 4.69) is 36.4 Å².